The number of piperazine rings is 1. The molecule has 0 spiro atoms. The molecule has 5 rings (SSSR count). The number of aromatic amines is 1. The molecule has 0 radical (unpaired) electrons. The zero-order valence-corrected chi connectivity index (χ0v) is 17.6. The number of rotatable bonds is 2. The van der Waals surface area contributed by atoms with Crippen molar-refractivity contribution in [1.29, 1.82) is 0 Å². The third-order valence-electron chi connectivity index (χ3n) is 5.47. The van der Waals surface area contributed by atoms with Crippen molar-refractivity contribution in [2.24, 2.45) is 0 Å². The van der Waals surface area contributed by atoms with E-state index in [1.165, 1.54) is 0 Å². The Morgan fingerprint density at radius 1 is 1.10 bits per heavy atom. The number of benzene rings is 2. The number of anilines is 1. The molecule has 3 aromatic rings. The Hall–Kier alpha value is -2.74. The Bertz CT molecular complexity index is 1140. The van der Waals surface area contributed by atoms with E-state index in [-0.39, 0.29) is 24.3 Å². The minimum absolute atomic E-state index is 0. The number of carbonyl (C=O) groups excluding carboxylic acids is 2. The molecule has 30 heavy (non-hydrogen) atoms. The van der Waals surface area contributed by atoms with E-state index in [4.69, 9.17) is 11.6 Å². The van der Waals surface area contributed by atoms with E-state index in [0.29, 0.717) is 30.2 Å². The van der Waals surface area contributed by atoms with Crippen molar-refractivity contribution in [1.82, 2.24) is 20.5 Å². The number of nitrogens with zero attached hydrogens (tertiary/aromatic N) is 1. The van der Waals surface area contributed by atoms with Crippen LogP contribution in [-0.4, -0.2) is 48.0 Å². The van der Waals surface area contributed by atoms with Gasteiger partial charge in [0.1, 0.15) is 0 Å². The predicted octanol–water partition coefficient (Wildman–Crippen LogP) is 3.59. The maximum Gasteiger partial charge on any atom is 0.321 e. The first-order chi connectivity index (χ1) is 14.1. The smallest absolute Gasteiger partial charge is 0.321 e. The Balaban J connectivity index is 0.00000218. The second kappa shape index (κ2) is 8.18. The Morgan fingerprint density at radius 3 is 2.70 bits per heavy atom. The summed E-state index contributed by atoms with van der Waals surface area (Å²) in [5.41, 5.74) is 4.79. The molecule has 0 aliphatic carbocycles. The number of hydrogen-bond acceptors (Lipinski definition) is 3. The minimum atomic E-state index is -0.111. The first kappa shape index (κ1) is 20.5. The second-order valence-electron chi connectivity index (χ2n) is 7.28. The molecule has 156 valence electrons. The van der Waals surface area contributed by atoms with E-state index in [2.05, 4.69) is 20.9 Å². The van der Waals surface area contributed by atoms with Gasteiger partial charge >= 0.3 is 6.03 Å². The number of amides is 3. The van der Waals surface area contributed by atoms with Crippen LogP contribution in [0.3, 0.4) is 0 Å². The lowest BCUT2D eigenvalue weighted by atomic mass is 10.0. The van der Waals surface area contributed by atoms with E-state index in [0.717, 1.165) is 46.5 Å². The molecule has 0 saturated carbocycles. The average molecular weight is 446 g/mol. The van der Waals surface area contributed by atoms with Crippen LogP contribution in [0, 0.1) is 0 Å². The number of urea groups is 1. The summed E-state index contributed by atoms with van der Waals surface area (Å²) in [5, 5.41) is 10.6. The van der Waals surface area contributed by atoms with Crippen molar-refractivity contribution in [3.63, 3.8) is 0 Å². The van der Waals surface area contributed by atoms with Crippen LogP contribution in [0.5, 0.6) is 0 Å². The highest BCUT2D eigenvalue weighted by atomic mass is 35.5. The number of nitrogens with one attached hydrogen (secondary N) is 4. The van der Waals surface area contributed by atoms with Gasteiger partial charge in [0.2, 0.25) is 0 Å². The molecular weight excluding hydrogens is 425 g/mol. The quantitative estimate of drug-likeness (QED) is 0.485. The summed E-state index contributed by atoms with van der Waals surface area (Å²) >= 11 is 6.26. The highest BCUT2D eigenvalue weighted by Gasteiger charge is 2.26. The number of halogens is 2. The molecule has 1 fully saturated rings. The summed E-state index contributed by atoms with van der Waals surface area (Å²) in [7, 11) is 0. The lowest BCUT2D eigenvalue weighted by molar-refractivity contribution is 0.0966. The summed E-state index contributed by atoms with van der Waals surface area (Å²) < 4.78 is 0. The van der Waals surface area contributed by atoms with Crippen LogP contribution in [0.15, 0.2) is 36.4 Å². The molecule has 2 aromatic carbocycles. The van der Waals surface area contributed by atoms with Gasteiger partial charge in [0.25, 0.3) is 5.91 Å². The third-order valence-corrected chi connectivity index (χ3v) is 5.83. The van der Waals surface area contributed by atoms with Crippen molar-refractivity contribution in [3.05, 3.63) is 52.5 Å². The first-order valence-corrected chi connectivity index (χ1v) is 9.97. The lowest BCUT2D eigenvalue weighted by Crippen LogP contribution is -2.48. The SMILES string of the molecule is Cl.O=C1NCc2c(Cl)ccc(-c3cc4cc(NC(=O)N5CCNCC5)ccc4[nH]3)c21. The van der Waals surface area contributed by atoms with E-state index in [1.807, 2.05) is 36.4 Å². The van der Waals surface area contributed by atoms with Crippen LogP contribution >= 0.6 is 24.0 Å². The van der Waals surface area contributed by atoms with Gasteiger partial charge in [-0.25, -0.2) is 4.79 Å². The summed E-state index contributed by atoms with van der Waals surface area (Å²) in [6.45, 7) is 3.47. The van der Waals surface area contributed by atoms with Gasteiger partial charge in [0.15, 0.2) is 0 Å². The van der Waals surface area contributed by atoms with E-state index in [1.54, 1.807) is 4.90 Å². The zero-order chi connectivity index (χ0) is 20.0. The van der Waals surface area contributed by atoms with E-state index < -0.39 is 0 Å². The van der Waals surface area contributed by atoms with Gasteiger partial charge in [0.05, 0.1) is 5.56 Å². The highest BCUT2D eigenvalue weighted by Crippen LogP contribution is 2.35. The van der Waals surface area contributed by atoms with Crippen molar-refractivity contribution >= 4 is 52.5 Å². The highest BCUT2D eigenvalue weighted by molar-refractivity contribution is 6.32. The molecule has 3 amide bonds. The van der Waals surface area contributed by atoms with Crippen molar-refractivity contribution in [2.45, 2.75) is 6.54 Å². The molecule has 0 unspecified atom stereocenters. The van der Waals surface area contributed by atoms with E-state index >= 15 is 0 Å². The van der Waals surface area contributed by atoms with Crippen LogP contribution in [0.4, 0.5) is 10.5 Å². The topological polar surface area (TPSA) is 89.3 Å². The molecule has 0 atom stereocenters. The van der Waals surface area contributed by atoms with Crippen LogP contribution < -0.4 is 16.0 Å². The fraction of sp³-hybridized carbons (Fsp3) is 0.238. The molecule has 3 heterocycles. The summed E-state index contributed by atoms with van der Waals surface area (Å²) in [6, 6.07) is 11.3. The van der Waals surface area contributed by atoms with Crippen LogP contribution in [0.25, 0.3) is 22.2 Å². The van der Waals surface area contributed by atoms with Crippen LogP contribution in [0.2, 0.25) is 5.02 Å². The predicted molar refractivity (Wildman–Crippen MR) is 121 cm³/mol. The first-order valence-electron chi connectivity index (χ1n) is 9.59. The summed E-state index contributed by atoms with van der Waals surface area (Å²) in [6.07, 6.45) is 0. The molecule has 4 N–H and O–H groups in total. The van der Waals surface area contributed by atoms with Crippen molar-refractivity contribution < 1.29 is 9.59 Å². The van der Waals surface area contributed by atoms with Gasteiger partial charge in [-0.3, -0.25) is 4.79 Å². The number of aromatic nitrogens is 1. The molecule has 2 aliphatic heterocycles. The molecule has 7 nitrogen and oxygen atoms in total. The number of carbonyl (C=O) groups is 2. The lowest BCUT2D eigenvalue weighted by Gasteiger charge is -2.27. The van der Waals surface area contributed by atoms with E-state index in [9.17, 15) is 9.59 Å². The normalized spacial score (nSPS) is 15.5. The monoisotopic (exact) mass is 445 g/mol. The maximum absolute atomic E-state index is 12.4. The zero-order valence-electron chi connectivity index (χ0n) is 16.0. The largest absolute Gasteiger partial charge is 0.355 e. The molecule has 0 bridgehead atoms. The fourth-order valence-corrected chi connectivity index (χ4v) is 4.19. The number of fused-ring (bicyclic) bond motifs is 2. The van der Waals surface area contributed by atoms with Gasteiger partial charge in [0, 0.05) is 71.2 Å². The van der Waals surface area contributed by atoms with Crippen LogP contribution in [-0.2, 0) is 6.54 Å². The van der Waals surface area contributed by atoms with Gasteiger partial charge in [-0.05, 0) is 30.3 Å². The average Bonchev–Trinajstić information content (AvgIpc) is 3.33. The summed E-state index contributed by atoms with van der Waals surface area (Å²) in [4.78, 5) is 29.9. The van der Waals surface area contributed by atoms with Crippen molar-refractivity contribution in [2.75, 3.05) is 31.5 Å². The number of H-pyrrole nitrogens is 1. The summed E-state index contributed by atoms with van der Waals surface area (Å²) in [5.74, 6) is -0.111. The molecule has 1 saturated heterocycles. The fourth-order valence-electron chi connectivity index (χ4n) is 3.96. The maximum atomic E-state index is 12.4. The van der Waals surface area contributed by atoms with Gasteiger partial charge < -0.3 is 25.8 Å². The molecule has 1 aromatic heterocycles. The van der Waals surface area contributed by atoms with Crippen molar-refractivity contribution in [3.8, 4) is 11.3 Å². The minimum Gasteiger partial charge on any atom is -0.355 e. The standard InChI is InChI=1S/C21H20ClN5O2.ClH/c22-16-3-2-14(19-15(16)11-24-20(19)28)18-10-12-9-13(1-4-17(12)26-18)25-21(29)27-7-5-23-6-8-27;/h1-4,9-10,23,26H,5-8,11H2,(H,24,28)(H,25,29);1H. The van der Waals surface area contributed by atoms with Crippen LogP contribution in [0.1, 0.15) is 15.9 Å². The third kappa shape index (κ3) is 3.60. The molecule has 9 heteroatoms. The number of hydrogen-bond donors (Lipinski definition) is 4. The van der Waals surface area contributed by atoms with Gasteiger partial charge in [-0.2, -0.15) is 0 Å². The molecule has 2 aliphatic rings. The Morgan fingerprint density at radius 2 is 1.90 bits per heavy atom. The molecular formula is C21H21Cl2N5O2. The van der Waals surface area contributed by atoms with Gasteiger partial charge in [-0.15, -0.1) is 12.4 Å². The Kier molecular flexibility index (Phi) is 5.60. The Labute approximate surface area is 184 Å². The van der Waals surface area contributed by atoms with Gasteiger partial charge in [-0.1, -0.05) is 17.7 Å². The second-order valence-corrected chi connectivity index (χ2v) is 7.69.